The molecule has 6 nitrogen and oxygen atoms in total. The molecular formula is C25H29IN2O4S. The SMILES string of the molecule is Cc1cc(S(=O)(=O)N2CCC(c3cn(CC=O)c4cc(I)ccc34)CC2)ccc1OC(C)C. The maximum atomic E-state index is 13.3. The number of aldehydes is 1. The summed E-state index contributed by atoms with van der Waals surface area (Å²) in [6.07, 6.45) is 4.52. The Morgan fingerprint density at radius 3 is 2.52 bits per heavy atom. The van der Waals surface area contributed by atoms with Crippen molar-refractivity contribution in [2.45, 2.75) is 57.1 Å². The van der Waals surface area contributed by atoms with E-state index in [-0.39, 0.29) is 12.0 Å². The maximum Gasteiger partial charge on any atom is 0.243 e. The molecule has 1 fully saturated rings. The van der Waals surface area contributed by atoms with E-state index in [2.05, 4.69) is 47.0 Å². The summed E-state index contributed by atoms with van der Waals surface area (Å²) in [6.45, 7) is 7.04. The molecule has 0 atom stereocenters. The third kappa shape index (κ3) is 4.97. The minimum absolute atomic E-state index is 0.0335. The molecule has 1 aliphatic heterocycles. The molecule has 1 aromatic heterocycles. The van der Waals surface area contributed by atoms with Gasteiger partial charge in [-0.05, 0) is 104 Å². The van der Waals surface area contributed by atoms with Gasteiger partial charge in [0.2, 0.25) is 10.0 Å². The van der Waals surface area contributed by atoms with Gasteiger partial charge in [-0.2, -0.15) is 4.31 Å². The summed E-state index contributed by atoms with van der Waals surface area (Å²) < 4.78 is 37.1. The second-order valence-corrected chi connectivity index (χ2v) is 12.0. The van der Waals surface area contributed by atoms with E-state index in [9.17, 15) is 13.2 Å². The molecule has 2 heterocycles. The number of nitrogens with zero attached hydrogens (tertiary/aromatic N) is 2. The quantitative estimate of drug-likeness (QED) is 0.288. The Hall–Kier alpha value is -1.91. The van der Waals surface area contributed by atoms with Crippen LogP contribution in [0.5, 0.6) is 5.75 Å². The number of aromatic nitrogens is 1. The van der Waals surface area contributed by atoms with Gasteiger partial charge in [-0.1, -0.05) is 6.07 Å². The fraction of sp³-hybridized carbons (Fsp3) is 0.400. The lowest BCUT2D eigenvalue weighted by molar-refractivity contribution is -0.108. The molecular weight excluding hydrogens is 551 g/mol. The highest BCUT2D eigenvalue weighted by atomic mass is 127. The van der Waals surface area contributed by atoms with E-state index in [0.29, 0.717) is 30.3 Å². The minimum atomic E-state index is -3.56. The van der Waals surface area contributed by atoms with Gasteiger partial charge < -0.3 is 14.1 Å². The summed E-state index contributed by atoms with van der Waals surface area (Å²) in [7, 11) is -3.56. The van der Waals surface area contributed by atoms with Crippen molar-refractivity contribution < 1.29 is 17.9 Å². The standard InChI is InChI=1S/C25H29IN2O4S/c1-17(2)32-25-7-5-21(14-18(25)3)33(30,31)28-10-8-19(9-11-28)23-16-27(12-13-29)24-15-20(26)4-6-22(23)24/h4-7,13-17,19H,8-12H2,1-3H3. The van der Waals surface area contributed by atoms with E-state index in [1.165, 1.54) is 5.56 Å². The van der Waals surface area contributed by atoms with Crippen molar-refractivity contribution in [3.05, 3.63) is 57.3 Å². The lowest BCUT2D eigenvalue weighted by atomic mass is 9.90. The van der Waals surface area contributed by atoms with E-state index < -0.39 is 10.0 Å². The first kappa shape index (κ1) is 24.2. The van der Waals surface area contributed by atoms with Crippen LogP contribution in [0.15, 0.2) is 47.5 Å². The number of carbonyl (C=O) groups is 1. The summed E-state index contributed by atoms with van der Waals surface area (Å²) in [6, 6.07) is 11.4. The molecule has 0 saturated carbocycles. The van der Waals surface area contributed by atoms with Crippen molar-refractivity contribution in [3.63, 3.8) is 0 Å². The molecule has 1 aliphatic rings. The average molecular weight is 580 g/mol. The van der Waals surface area contributed by atoms with Crippen LogP contribution in [0, 0.1) is 10.5 Å². The van der Waals surface area contributed by atoms with Crippen LogP contribution < -0.4 is 4.74 Å². The molecule has 0 aliphatic carbocycles. The number of hydrogen-bond acceptors (Lipinski definition) is 4. The number of benzene rings is 2. The molecule has 0 bridgehead atoms. The normalized spacial score (nSPS) is 15.9. The molecule has 176 valence electrons. The van der Waals surface area contributed by atoms with Crippen LogP contribution in [0.25, 0.3) is 10.9 Å². The maximum absolute atomic E-state index is 13.3. The Balaban J connectivity index is 1.53. The monoisotopic (exact) mass is 580 g/mol. The summed E-state index contributed by atoms with van der Waals surface area (Å²) in [5.41, 5.74) is 3.07. The number of carbonyl (C=O) groups excluding carboxylic acids is 1. The fourth-order valence-corrected chi connectivity index (χ4v) is 6.61. The number of aryl methyl sites for hydroxylation is 1. The average Bonchev–Trinajstić information content (AvgIpc) is 3.12. The van der Waals surface area contributed by atoms with Gasteiger partial charge in [0, 0.05) is 33.8 Å². The van der Waals surface area contributed by atoms with Crippen LogP contribution >= 0.6 is 22.6 Å². The van der Waals surface area contributed by atoms with Crippen molar-refractivity contribution in [1.82, 2.24) is 8.87 Å². The predicted molar refractivity (Wildman–Crippen MR) is 138 cm³/mol. The topological polar surface area (TPSA) is 68.6 Å². The molecule has 0 unspecified atom stereocenters. The first-order valence-corrected chi connectivity index (χ1v) is 13.7. The number of fused-ring (bicyclic) bond motifs is 1. The molecule has 1 saturated heterocycles. The van der Waals surface area contributed by atoms with Crippen LogP contribution in [-0.2, 0) is 21.4 Å². The van der Waals surface area contributed by atoms with Crippen molar-refractivity contribution in [2.75, 3.05) is 13.1 Å². The Kier molecular flexibility index (Phi) is 7.16. The van der Waals surface area contributed by atoms with Crippen LogP contribution in [0.4, 0.5) is 0 Å². The smallest absolute Gasteiger partial charge is 0.243 e. The van der Waals surface area contributed by atoms with Gasteiger partial charge in [-0.15, -0.1) is 0 Å². The summed E-state index contributed by atoms with van der Waals surface area (Å²) >= 11 is 2.28. The lowest BCUT2D eigenvalue weighted by Crippen LogP contribution is -2.37. The van der Waals surface area contributed by atoms with Gasteiger partial charge in [-0.3, -0.25) is 0 Å². The second kappa shape index (κ2) is 9.76. The number of halogens is 1. The van der Waals surface area contributed by atoms with Crippen LogP contribution in [0.1, 0.15) is 43.7 Å². The van der Waals surface area contributed by atoms with Crippen LogP contribution in [0.3, 0.4) is 0 Å². The third-order valence-corrected chi connectivity index (χ3v) is 8.75. The van der Waals surface area contributed by atoms with Gasteiger partial charge in [-0.25, -0.2) is 8.42 Å². The Bertz CT molecular complexity index is 1280. The highest BCUT2D eigenvalue weighted by Gasteiger charge is 2.31. The Morgan fingerprint density at radius 1 is 1.15 bits per heavy atom. The number of sulfonamides is 1. The zero-order valence-corrected chi connectivity index (χ0v) is 22.1. The summed E-state index contributed by atoms with van der Waals surface area (Å²) in [5, 5.41) is 1.15. The zero-order valence-electron chi connectivity index (χ0n) is 19.1. The molecule has 0 radical (unpaired) electrons. The fourth-order valence-electron chi connectivity index (χ4n) is 4.57. The van der Waals surface area contributed by atoms with Crippen molar-refractivity contribution in [1.29, 1.82) is 0 Å². The predicted octanol–water partition coefficient (Wildman–Crippen LogP) is 5.11. The van der Waals surface area contributed by atoms with Crippen molar-refractivity contribution in [2.24, 2.45) is 0 Å². The molecule has 0 amide bonds. The van der Waals surface area contributed by atoms with Gasteiger partial charge in [0.15, 0.2) is 0 Å². The molecule has 8 heteroatoms. The summed E-state index contributed by atoms with van der Waals surface area (Å²) in [5.74, 6) is 0.972. The minimum Gasteiger partial charge on any atom is -0.491 e. The zero-order chi connectivity index (χ0) is 23.8. The molecule has 33 heavy (non-hydrogen) atoms. The van der Waals surface area contributed by atoms with Gasteiger partial charge in [0.05, 0.1) is 17.5 Å². The summed E-state index contributed by atoms with van der Waals surface area (Å²) in [4.78, 5) is 11.5. The van der Waals surface area contributed by atoms with E-state index in [0.717, 1.165) is 39.2 Å². The molecule has 2 aromatic carbocycles. The van der Waals surface area contributed by atoms with Gasteiger partial charge >= 0.3 is 0 Å². The lowest BCUT2D eigenvalue weighted by Gasteiger charge is -2.31. The largest absolute Gasteiger partial charge is 0.491 e. The second-order valence-electron chi connectivity index (χ2n) is 8.84. The molecule has 3 aromatic rings. The third-order valence-electron chi connectivity index (χ3n) is 6.19. The van der Waals surface area contributed by atoms with Gasteiger partial charge in [0.1, 0.15) is 12.0 Å². The van der Waals surface area contributed by atoms with Crippen molar-refractivity contribution in [3.8, 4) is 5.75 Å². The first-order valence-electron chi connectivity index (χ1n) is 11.2. The van der Waals surface area contributed by atoms with Crippen molar-refractivity contribution >= 4 is 49.8 Å². The number of piperidine rings is 1. The van der Waals surface area contributed by atoms with Crippen LogP contribution in [0.2, 0.25) is 0 Å². The van der Waals surface area contributed by atoms with E-state index >= 15 is 0 Å². The number of ether oxygens (including phenoxy) is 1. The van der Waals surface area contributed by atoms with E-state index in [4.69, 9.17) is 4.74 Å². The highest BCUT2D eigenvalue weighted by molar-refractivity contribution is 14.1. The Labute approximate surface area is 209 Å². The highest BCUT2D eigenvalue weighted by Crippen LogP contribution is 2.36. The molecule has 0 spiro atoms. The molecule has 4 rings (SSSR count). The Morgan fingerprint density at radius 2 is 1.88 bits per heavy atom. The van der Waals surface area contributed by atoms with Crippen LogP contribution in [-0.4, -0.2) is 42.8 Å². The molecule has 0 N–H and O–H groups in total. The first-order chi connectivity index (χ1) is 15.7. The number of hydrogen-bond donors (Lipinski definition) is 0. The van der Waals surface area contributed by atoms with E-state index in [1.54, 1.807) is 22.5 Å². The van der Waals surface area contributed by atoms with Gasteiger partial charge in [0.25, 0.3) is 0 Å². The number of rotatable bonds is 7. The van der Waals surface area contributed by atoms with E-state index in [1.807, 2.05) is 25.3 Å².